The van der Waals surface area contributed by atoms with Crippen molar-refractivity contribution in [3.05, 3.63) is 53.6 Å². The Labute approximate surface area is 137 Å². The third-order valence-electron chi connectivity index (χ3n) is 4.35. The molecule has 1 aliphatic rings. The lowest BCUT2D eigenvalue weighted by atomic mass is 9.86. The van der Waals surface area contributed by atoms with E-state index in [-0.39, 0.29) is 17.6 Å². The highest BCUT2D eigenvalue weighted by atomic mass is 19.1. The third-order valence-corrected chi connectivity index (χ3v) is 4.35. The van der Waals surface area contributed by atoms with E-state index < -0.39 is 0 Å². The molecule has 7 heteroatoms. The number of hydrogen-bond donors (Lipinski definition) is 2. The lowest BCUT2D eigenvalue weighted by Crippen LogP contribution is -2.24. The Balaban J connectivity index is 1.83. The summed E-state index contributed by atoms with van der Waals surface area (Å²) in [7, 11) is 0. The highest BCUT2D eigenvalue weighted by Crippen LogP contribution is 2.40. The Morgan fingerprint density at radius 1 is 1.33 bits per heavy atom. The van der Waals surface area contributed by atoms with Crippen LogP contribution in [0.4, 0.5) is 10.2 Å². The molecule has 122 valence electrons. The Hall–Kier alpha value is -2.96. The number of carbonyl (C=O) groups excluding carboxylic acids is 1. The van der Waals surface area contributed by atoms with Crippen molar-refractivity contribution in [2.45, 2.75) is 25.8 Å². The summed E-state index contributed by atoms with van der Waals surface area (Å²) >= 11 is 0. The summed E-state index contributed by atoms with van der Waals surface area (Å²) in [5.74, 6) is 0.194. The lowest BCUT2D eigenvalue weighted by molar-refractivity contribution is -0.116. The molecular formula is C17H16FN5O. The standard InChI is InChI=1S/C17H16FN5O/c1-2-23-17-14(9-20-23)12(7-15(24)21-17)13-8-19-22-16(13)10-4-3-5-11(18)6-10/h3-6,8-9,12H,2,7H2,1H3,(H,19,22)(H,21,24). The molecule has 1 amide bonds. The van der Waals surface area contributed by atoms with E-state index in [9.17, 15) is 9.18 Å². The van der Waals surface area contributed by atoms with Crippen LogP contribution in [0.15, 0.2) is 36.7 Å². The first kappa shape index (κ1) is 14.6. The van der Waals surface area contributed by atoms with Crippen molar-refractivity contribution in [2.24, 2.45) is 0 Å². The van der Waals surface area contributed by atoms with E-state index in [1.54, 1.807) is 23.1 Å². The van der Waals surface area contributed by atoms with E-state index in [1.165, 1.54) is 12.1 Å². The van der Waals surface area contributed by atoms with Gasteiger partial charge in [0.05, 0.1) is 18.1 Å². The van der Waals surface area contributed by atoms with E-state index in [0.29, 0.717) is 18.5 Å². The van der Waals surface area contributed by atoms with Gasteiger partial charge in [-0.2, -0.15) is 10.2 Å². The summed E-state index contributed by atoms with van der Waals surface area (Å²) in [6, 6.07) is 6.33. The van der Waals surface area contributed by atoms with Crippen molar-refractivity contribution in [3.8, 4) is 11.3 Å². The molecule has 6 nitrogen and oxygen atoms in total. The van der Waals surface area contributed by atoms with Gasteiger partial charge in [0.15, 0.2) is 0 Å². The summed E-state index contributed by atoms with van der Waals surface area (Å²) in [6.07, 6.45) is 3.80. The van der Waals surface area contributed by atoms with Gasteiger partial charge in [-0.1, -0.05) is 12.1 Å². The van der Waals surface area contributed by atoms with Crippen LogP contribution < -0.4 is 5.32 Å². The molecule has 0 radical (unpaired) electrons. The molecule has 1 aromatic carbocycles. The number of nitrogens with zero attached hydrogens (tertiary/aromatic N) is 3. The third kappa shape index (κ3) is 2.29. The predicted molar refractivity (Wildman–Crippen MR) is 87.0 cm³/mol. The monoisotopic (exact) mass is 325 g/mol. The van der Waals surface area contributed by atoms with Gasteiger partial charge in [-0.05, 0) is 19.1 Å². The number of nitrogens with one attached hydrogen (secondary N) is 2. The van der Waals surface area contributed by atoms with Gasteiger partial charge in [-0.3, -0.25) is 9.89 Å². The molecule has 3 heterocycles. The normalized spacial score (nSPS) is 16.8. The number of aromatic amines is 1. The van der Waals surface area contributed by atoms with Crippen LogP contribution in [0.2, 0.25) is 0 Å². The second-order valence-electron chi connectivity index (χ2n) is 5.78. The number of aromatic nitrogens is 4. The number of anilines is 1. The largest absolute Gasteiger partial charge is 0.311 e. The molecule has 0 saturated heterocycles. The number of amides is 1. The van der Waals surface area contributed by atoms with E-state index in [2.05, 4.69) is 20.6 Å². The first-order chi connectivity index (χ1) is 11.7. The maximum atomic E-state index is 13.6. The Morgan fingerprint density at radius 3 is 3.00 bits per heavy atom. The molecule has 4 rings (SSSR count). The van der Waals surface area contributed by atoms with Gasteiger partial charge in [0.25, 0.3) is 0 Å². The summed E-state index contributed by atoms with van der Waals surface area (Å²) in [5.41, 5.74) is 3.25. The number of carbonyl (C=O) groups is 1. The number of rotatable bonds is 3. The van der Waals surface area contributed by atoms with E-state index in [1.807, 2.05) is 13.0 Å². The minimum atomic E-state index is -0.311. The van der Waals surface area contributed by atoms with Gasteiger partial charge < -0.3 is 5.32 Å². The van der Waals surface area contributed by atoms with Crippen LogP contribution >= 0.6 is 0 Å². The zero-order chi connectivity index (χ0) is 16.7. The van der Waals surface area contributed by atoms with Crippen LogP contribution in [0.5, 0.6) is 0 Å². The average Bonchev–Trinajstić information content (AvgIpc) is 3.20. The van der Waals surface area contributed by atoms with Crippen molar-refractivity contribution >= 4 is 11.7 Å². The number of halogens is 1. The Morgan fingerprint density at radius 2 is 2.21 bits per heavy atom. The van der Waals surface area contributed by atoms with Crippen LogP contribution in [-0.4, -0.2) is 25.9 Å². The number of benzene rings is 1. The van der Waals surface area contributed by atoms with Crippen molar-refractivity contribution in [3.63, 3.8) is 0 Å². The minimum Gasteiger partial charge on any atom is -0.311 e. The molecular weight excluding hydrogens is 309 g/mol. The maximum Gasteiger partial charge on any atom is 0.226 e. The fourth-order valence-corrected chi connectivity index (χ4v) is 3.22. The summed E-state index contributed by atoms with van der Waals surface area (Å²) < 4.78 is 15.3. The molecule has 2 N–H and O–H groups in total. The van der Waals surface area contributed by atoms with Crippen LogP contribution in [0.3, 0.4) is 0 Å². The topological polar surface area (TPSA) is 75.6 Å². The van der Waals surface area contributed by atoms with Crippen molar-refractivity contribution in [1.82, 2.24) is 20.0 Å². The van der Waals surface area contributed by atoms with E-state index >= 15 is 0 Å². The molecule has 0 saturated carbocycles. The van der Waals surface area contributed by atoms with Crippen molar-refractivity contribution in [2.75, 3.05) is 5.32 Å². The lowest BCUT2D eigenvalue weighted by Gasteiger charge is -2.23. The fourth-order valence-electron chi connectivity index (χ4n) is 3.22. The first-order valence-corrected chi connectivity index (χ1v) is 7.82. The molecule has 3 aromatic rings. The number of fused-ring (bicyclic) bond motifs is 1. The van der Waals surface area contributed by atoms with Gasteiger partial charge in [0, 0.05) is 35.6 Å². The zero-order valence-electron chi connectivity index (χ0n) is 13.1. The quantitative estimate of drug-likeness (QED) is 0.777. The van der Waals surface area contributed by atoms with E-state index in [4.69, 9.17) is 0 Å². The summed E-state index contributed by atoms with van der Waals surface area (Å²) in [4.78, 5) is 12.2. The maximum absolute atomic E-state index is 13.6. The molecule has 1 atom stereocenters. The summed E-state index contributed by atoms with van der Waals surface area (Å²) in [5, 5.41) is 14.3. The predicted octanol–water partition coefficient (Wildman–Crippen LogP) is 2.91. The van der Waals surface area contributed by atoms with Gasteiger partial charge >= 0.3 is 0 Å². The molecule has 1 aliphatic heterocycles. The molecule has 0 spiro atoms. The van der Waals surface area contributed by atoms with Gasteiger partial charge in [0.2, 0.25) is 5.91 Å². The van der Waals surface area contributed by atoms with Crippen LogP contribution in [0, 0.1) is 5.82 Å². The average molecular weight is 325 g/mol. The van der Waals surface area contributed by atoms with Crippen molar-refractivity contribution in [1.29, 1.82) is 0 Å². The fraction of sp³-hybridized carbons (Fsp3) is 0.235. The SMILES string of the molecule is CCn1ncc2c1NC(=O)CC2c1cn[nH]c1-c1cccc(F)c1. The minimum absolute atomic E-state index is 0.0610. The number of hydrogen-bond acceptors (Lipinski definition) is 3. The zero-order valence-corrected chi connectivity index (χ0v) is 13.1. The number of H-pyrrole nitrogens is 1. The van der Waals surface area contributed by atoms with Gasteiger partial charge in [0.1, 0.15) is 11.6 Å². The number of aryl methyl sites for hydroxylation is 1. The summed E-state index contributed by atoms with van der Waals surface area (Å²) in [6.45, 7) is 2.64. The highest BCUT2D eigenvalue weighted by molar-refractivity contribution is 5.94. The van der Waals surface area contributed by atoms with Gasteiger partial charge in [-0.15, -0.1) is 0 Å². The smallest absolute Gasteiger partial charge is 0.226 e. The first-order valence-electron chi connectivity index (χ1n) is 7.82. The molecule has 1 unspecified atom stereocenters. The molecule has 0 aliphatic carbocycles. The Kier molecular flexibility index (Phi) is 3.41. The van der Waals surface area contributed by atoms with Crippen LogP contribution in [-0.2, 0) is 11.3 Å². The highest BCUT2D eigenvalue weighted by Gasteiger charge is 2.32. The van der Waals surface area contributed by atoms with Crippen LogP contribution in [0.1, 0.15) is 30.4 Å². The van der Waals surface area contributed by atoms with Crippen LogP contribution in [0.25, 0.3) is 11.3 Å². The molecule has 0 fully saturated rings. The van der Waals surface area contributed by atoms with Crippen molar-refractivity contribution < 1.29 is 9.18 Å². The molecule has 2 aromatic heterocycles. The van der Waals surface area contributed by atoms with Gasteiger partial charge in [-0.25, -0.2) is 9.07 Å². The second-order valence-corrected chi connectivity index (χ2v) is 5.78. The molecule has 24 heavy (non-hydrogen) atoms. The van der Waals surface area contributed by atoms with E-state index in [0.717, 1.165) is 22.6 Å². The molecule has 0 bridgehead atoms. The Bertz CT molecular complexity index is 913. The second kappa shape index (κ2) is 5.59.